The van der Waals surface area contributed by atoms with Crippen molar-refractivity contribution >= 4 is 23.2 Å². The van der Waals surface area contributed by atoms with Crippen molar-refractivity contribution in [3.63, 3.8) is 0 Å². The fourth-order valence-electron chi connectivity index (χ4n) is 3.34. The Morgan fingerprint density at radius 2 is 1.82 bits per heavy atom. The Kier molecular flexibility index (Phi) is 7.19. The maximum absolute atomic E-state index is 12.7. The highest BCUT2D eigenvalue weighted by Gasteiger charge is 2.23. The third-order valence-electron chi connectivity index (χ3n) is 5.07. The van der Waals surface area contributed by atoms with E-state index in [0.29, 0.717) is 26.2 Å². The van der Waals surface area contributed by atoms with Crippen LogP contribution < -0.4 is 10.6 Å². The van der Waals surface area contributed by atoms with Crippen LogP contribution in [0, 0.1) is 6.92 Å². The quantitative estimate of drug-likeness (QED) is 0.741. The summed E-state index contributed by atoms with van der Waals surface area (Å²) in [4.78, 5) is 29.4. The van der Waals surface area contributed by atoms with E-state index in [-0.39, 0.29) is 17.9 Å². The van der Waals surface area contributed by atoms with Gasteiger partial charge in [0.05, 0.1) is 19.1 Å². The summed E-state index contributed by atoms with van der Waals surface area (Å²) < 4.78 is 0. The van der Waals surface area contributed by atoms with E-state index in [1.807, 2.05) is 11.0 Å². The van der Waals surface area contributed by atoms with Crippen molar-refractivity contribution in [2.24, 2.45) is 0 Å². The molecule has 150 valence electrons. The van der Waals surface area contributed by atoms with Gasteiger partial charge < -0.3 is 10.2 Å². The van der Waals surface area contributed by atoms with Gasteiger partial charge in [-0.2, -0.15) is 0 Å². The number of amides is 2. The van der Waals surface area contributed by atoms with Crippen molar-refractivity contribution in [2.75, 3.05) is 46.3 Å². The minimum Gasteiger partial charge on any atom is -0.358 e. The molecule has 1 aromatic carbocycles. The van der Waals surface area contributed by atoms with Crippen LogP contribution in [0.5, 0.6) is 0 Å². The summed E-state index contributed by atoms with van der Waals surface area (Å²) in [6.07, 6.45) is 0. The van der Waals surface area contributed by atoms with Crippen LogP contribution in [0.15, 0.2) is 41.8 Å². The van der Waals surface area contributed by atoms with Gasteiger partial charge in [0.25, 0.3) is 0 Å². The molecule has 0 spiro atoms. The molecule has 2 heterocycles. The molecular formula is C21H28N4O2S. The van der Waals surface area contributed by atoms with E-state index in [1.54, 1.807) is 18.4 Å². The minimum absolute atomic E-state index is 0.0123. The Morgan fingerprint density at radius 3 is 2.43 bits per heavy atom. The Balaban J connectivity index is 1.56. The number of nitrogens with zero attached hydrogens (tertiary/aromatic N) is 2. The second-order valence-electron chi connectivity index (χ2n) is 7.07. The molecule has 6 nitrogen and oxygen atoms in total. The van der Waals surface area contributed by atoms with E-state index in [4.69, 9.17) is 0 Å². The maximum atomic E-state index is 12.7. The van der Waals surface area contributed by atoms with Gasteiger partial charge in [0.15, 0.2) is 0 Å². The lowest BCUT2D eigenvalue weighted by atomic mass is 10.0. The molecule has 2 amide bonds. The molecule has 0 aliphatic carbocycles. The summed E-state index contributed by atoms with van der Waals surface area (Å²) in [6, 6.07) is 12.6. The highest BCUT2D eigenvalue weighted by molar-refractivity contribution is 7.10. The van der Waals surface area contributed by atoms with Gasteiger partial charge in [-0.1, -0.05) is 35.9 Å². The normalized spacial score (nSPS) is 16.0. The number of carbonyl (C=O) groups excluding carboxylic acids is 2. The second kappa shape index (κ2) is 9.82. The third-order valence-corrected chi connectivity index (χ3v) is 6.00. The number of rotatable bonds is 7. The molecule has 1 atom stereocenters. The van der Waals surface area contributed by atoms with Crippen molar-refractivity contribution in [1.29, 1.82) is 0 Å². The first kappa shape index (κ1) is 20.5. The lowest BCUT2D eigenvalue weighted by molar-refractivity contribution is -0.132. The highest BCUT2D eigenvalue weighted by atomic mass is 32.1. The van der Waals surface area contributed by atoms with Crippen LogP contribution in [-0.4, -0.2) is 67.9 Å². The molecule has 7 heteroatoms. The number of thiophene rings is 1. The largest absolute Gasteiger partial charge is 0.358 e. The fourth-order valence-corrected chi connectivity index (χ4v) is 4.16. The number of piperazine rings is 1. The standard InChI is InChI=1S/C21H28N4O2S/c1-16-5-7-17(8-6-16)21(18-4-3-13-28-18)23-14-20(27)25-11-9-24(10-12-25)15-19(26)22-2/h3-8,13,21,23H,9-12,14-15H2,1-2H3,(H,22,26)/t21-/m0/s1. The van der Waals surface area contributed by atoms with Crippen molar-refractivity contribution in [3.8, 4) is 0 Å². The van der Waals surface area contributed by atoms with Gasteiger partial charge >= 0.3 is 0 Å². The monoisotopic (exact) mass is 400 g/mol. The van der Waals surface area contributed by atoms with Gasteiger partial charge in [0, 0.05) is 38.1 Å². The first-order valence-electron chi connectivity index (χ1n) is 9.61. The predicted octanol–water partition coefficient (Wildman–Crippen LogP) is 1.63. The molecule has 1 fully saturated rings. The van der Waals surface area contributed by atoms with E-state index in [2.05, 4.69) is 58.2 Å². The van der Waals surface area contributed by atoms with Gasteiger partial charge in [-0.25, -0.2) is 0 Å². The number of carbonyl (C=O) groups is 2. The number of nitrogens with one attached hydrogen (secondary N) is 2. The summed E-state index contributed by atoms with van der Waals surface area (Å²) in [7, 11) is 1.64. The van der Waals surface area contributed by atoms with E-state index < -0.39 is 0 Å². The first-order valence-corrected chi connectivity index (χ1v) is 10.5. The maximum Gasteiger partial charge on any atom is 0.236 e. The molecule has 1 aromatic heterocycles. The zero-order chi connectivity index (χ0) is 19.9. The highest BCUT2D eigenvalue weighted by Crippen LogP contribution is 2.26. The van der Waals surface area contributed by atoms with Crippen LogP contribution in [-0.2, 0) is 9.59 Å². The van der Waals surface area contributed by atoms with E-state index >= 15 is 0 Å². The zero-order valence-electron chi connectivity index (χ0n) is 16.5. The molecule has 1 saturated heterocycles. The van der Waals surface area contributed by atoms with Crippen molar-refractivity contribution in [3.05, 3.63) is 57.8 Å². The summed E-state index contributed by atoms with van der Waals surface area (Å²) in [6.45, 7) is 5.54. The smallest absolute Gasteiger partial charge is 0.236 e. The van der Waals surface area contributed by atoms with Crippen LogP contribution in [0.2, 0.25) is 0 Å². The second-order valence-corrected chi connectivity index (χ2v) is 8.05. The number of hydrogen-bond acceptors (Lipinski definition) is 5. The van der Waals surface area contributed by atoms with Crippen molar-refractivity contribution < 1.29 is 9.59 Å². The van der Waals surface area contributed by atoms with Gasteiger partial charge in [-0.05, 0) is 23.9 Å². The van der Waals surface area contributed by atoms with Crippen LogP contribution in [0.3, 0.4) is 0 Å². The van der Waals surface area contributed by atoms with Crippen LogP contribution >= 0.6 is 11.3 Å². The first-order chi connectivity index (χ1) is 13.6. The predicted molar refractivity (Wildman–Crippen MR) is 112 cm³/mol. The topological polar surface area (TPSA) is 64.7 Å². The van der Waals surface area contributed by atoms with Crippen LogP contribution in [0.1, 0.15) is 22.0 Å². The molecule has 1 aliphatic heterocycles. The van der Waals surface area contributed by atoms with Crippen molar-refractivity contribution in [2.45, 2.75) is 13.0 Å². The van der Waals surface area contributed by atoms with Crippen LogP contribution in [0.4, 0.5) is 0 Å². The van der Waals surface area contributed by atoms with E-state index in [9.17, 15) is 9.59 Å². The summed E-state index contributed by atoms with van der Waals surface area (Å²) in [5, 5.41) is 8.15. The summed E-state index contributed by atoms with van der Waals surface area (Å²) in [5.41, 5.74) is 2.38. The molecule has 3 rings (SSSR count). The molecular weight excluding hydrogens is 372 g/mol. The average Bonchev–Trinajstić information content (AvgIpc) is 3.24. The van der Waals surface area contributed by atoms with Crippen molar-refractivity contribution in [1.82, 2.24) is 20.4 Å². The Morgan fingerprint density at radius 1 is 1.11 bits per heavy atom. The molecule has 2 aromatic rings. The Hall–Kier alpha value is -2.22. The zero-order valence-corrected chi connectivity index (χ0v) is 17.3. The average molecular weight is 401 g/mol. The Bertz CT molecular complexity index is 768. The number of hydrogen-bond donors (Lipinski definition) is 2. The van der Waals surface area contributed by atoms with E-state index in [0.717, 1.165) is 18.7 Å². The number of benzene rings is 1. The molecule has 1 aliphatic rings. The van der Waals surface area contributed by atoms with Gasteiger partial charge in [0.1, 0.15) is 0 Å². The van der Waals surface area contributed by atoms with E-state index in [1.165, 1.54) is 10.4 Å². The van der Waals surface area contributed by atoms with Crippen LogP contribution in [0.25, 0.3) is 0 Å². The molecule has 0 unspecified atom stereocenters. The minimum atomic E-state index is 0.0123. The third kappa shape index (κ3) is 5.41. The molecule has 0 bridgehead atoms. The summed E-state index contributed by atoms with van der Waals surface area (Å²) >= 11 is 1.69. The number of likely N-dealkylation sites (N-methyl/N-ethyl adjacent to an activating group) is 1. The van der Waals surface area contributed by atoms with Gasteiger partial charge in [0.2, 0.25) is 11.8 Å². The molecule has 0 saturated carbocycles. The van der Waals surface area contributed by atoms with Gasteiger partial charge in [-0.3, -0.25) is 19.8 Å². The Labute approximate surface area is 170 Å². The lowest BCUT2D eigenvalue weighted by Crippen LogP contribution is -2.52. The molecule has 2 N–H and O–H groups in total. The lowest BCUT2D eigenvalue weighted by Gasteiger charge is -2.34. The fraction of sp³-hybridized carbons (Fsp3) is 0.429. The van der Waals surface area contributed by atoms with Gasteiger partial charge in [-0.15, -0.1) is 11.3 Å². The molecule has 28 heavy (non-hydrogen) atoms. The molecule has 0 radical (unpaired) electrons. The summed E-state index contributed by atoms with van der Waals surface area (Å²) in [5.74, 6) is 0.117. The number of aryl methyl sites for hydroxylation is 1. The SMILES string of the molecule is CNC(=O)CN1CCN(C(=O)CN[C@@H](c2ccc(C)cc2)c2cccs2)CC1.